The molecule has 0 unspecified atom stereocenters. The number of carbonyl (C=O) groups is 1. The molecule has 0 atom stereocenters. The highest BCUT2D eigenvalue weighted by Gasteiger charge is 2.15. The minimum absolute atomic E-state index is 0.342. The number of hydrogen-bond acceptors (Lipinski definition) is 2. The molecule has 0 saturated carbocycles. The summed E-state index contributed by atoms with van der Waals surface area (Å²) in [5.41, 5.74) is 4.00. The first-order valence-electron chi connectivity index (χ1n) is 6.05. The van der Waals surface area contributed by atoms with E-state index in [1.165, 1.54) is 0 Å². The highest BCUT2D eigenvalue weighted by Crippen LogP contribution is 2.21. The molecule has 19 heavy (non-hydrogen) atoms. The molecular formula is C15H17NO3. The Morgan fingerprint density at radius 3 is 2.63 bits per heavy atom. The van der Waals surface area contributed by atoms with E-state index < -0.39 is 5.97 Å². The molecule has 100 valence electrons. The summed E-state index contributed by atoms with van der Waals surface area (Å²) < 4.78 is 7.07. The van der Waals surface area contributed by atoms with E-state index in [0.29, 0.717) is 12.2 Å². The molecule has 1 aromatic carbocycles. The predicted octanol–water partition coefficient (Wildman–Crippen LogP) is 2.94. The van der Waals surface area contributed by atoms with Crippen molar-refractivity contribution in [3.8, 4) is 5.69 Å². The normalized spacial score (nSPS) is 10.7. The average Bonchev–Trinajstić information content (AvgIpc) is 2.66. The van der Waals surface area contributed by atoms with Crippen LogP contribution in [0.5, 0.6) is 0 Å². The van der Waals surface area contributed by atoms with Crippen LogP contribution >= 0.6 is 0 Å². The third-order valence-electron chi connectivity index (χ3n) is 3.14. The smallest absolute Gasteiger partial charge is 0.337 e. The summed E-state index contributed by atoms with van der Waals surface area (Å²) in [6, 6.07) is 9.60. The van der Waals surface area contributed by atoms with Gasteiger partial charge in [-0.25, -0.2) is 4.79 Å². The van der Waals surface area contributed by atoms with Gasteiger partial charge in [-0.1, -0.05) is 12.1 Å². The fraction of sp³-hybridized carbons (Fsp3) is 0.267. The fourth-order valence-corrected chi connectivity index (χ4v) is 2.33. The van der Waals surface area contributed by atoms with Gasteiger partial charge >= 0.3 is 5.97 Å². The number of ether oxygens (including phenoxy) is 1. The van der Waals surface area contributed by atoms with E-state index in [0.717, 1.165) is 22.6 Å². The van der Waals surface area contributed by atoms with Gasteiger partial charge in [-0.2, -0.15) is 0 Å². The first kappa shape index (κ1) is 13.4. The van der Waals surface area contributed by atoms with E-state index in [1.54, 1.807) is 13.2 Å². The maximum atomic E-state index is 11.2. The molecule has 0 aliphatic heterocycles. The summed E-state index contributed by atoms with van der Waals surface area (Å²) in [5.74, 6) is -0.896. The van der Waals surface area contributed by atoms with Crippen LogP contribution in [0.15, 0.2) is 30.3 Å². The maximum Gasteiger partial charge on any atom is 0.337 e. The van der Waals surface area contributed by atoms with E-state index in [1.807, 2.05) is 42.7 Å². The van der Waals surface area contributed by atoms with Crippen LogP contribution in [0.1, 0.15) is 27.3 Å². The molecule has 1 heterocycles. The topological polar surface area (TPSA) is 51.5 Å². The van der Waals surface area contributed by atoms with Crippen molar-refractivity contribution in [2.45, 2.75) is 20.5 Å². The third kappa shape index (κ3) is 2.53. The standard InChI is InChI=1S/C15H17NO3/c1-10-7-14(15(17)18)11(2)16(10)13-6-4-5-12(8-13)9-19-3/h4-8H,9H2,1-3H3,(H,17,18). The van der Waals surface area contributed by atoms with E-state index >= 15 is 0 Å². The lowest BCUT2D eigenvalue weighted by Gasteiger charge is -2.11. The SMILES string of the molecule is COCc1cccc(-n2c(C)cc(C(=O)O)c2C)c1. The lowest BCUT2D eigenvalue weighted by Crippen LogP contribution is -2.03. The van der Waals surface area contributed by atoms with Crippen LogP contribution in [-0.2, 0) is 11.3 Å². The zero-order valence-electron chi connectivity index (χ0n) is 11.3. The van der Waals surface area contributed by atoms with Crippen LogP contribution in [0.3, 0.4) is 0 Å². The number of aromatic carboxylic acids is 1. The molecule has 1 aromatic heterocycles. The van der Waals surface area contributed by atoms with Crippen molar-refractivity contribution in [3.63, 3.8) is 0 Å². The number of aryl methyl sites for hydroxylation is 1. The Kier molecular flexibility index (Phi) is 3.71. The Hall–Kier alpha value is -2.07. The Bertz CT molecular complexity index is 614. The van der Waals surface area contributed by atoms with Gasteiger partial charge in [0.1, 0.15) is 0 Å². The van der Waals surface area contributed by atoms with Crippen LogP contribution in [0.25, 0.3) is 5.69 Å². The molecule has 0 aliphatic rings. The molecule has 4 heteroatoms. The number of rotatable bonds is 4. The second-order valence-electron chi connectivity index (χ2n) is 4.53. The van der Waals surface area contributed by atoms with Gasteiger partial charge < -0.3 is 14.4 Å². The van der Waals surface area contributed by atoms with Gasteiger partial charge in [-0.3, -0.25) is 0 Å². The van der Waals surface area contributed by atoms with Crippen molar-refractivity contribution in [2.24, 2.45) is 0 Å². The number of nitrogens with zero attached hydrogens (tertiary/aromatic N) is 1. The summed E-state index contributed by atoms with van der Waals surface area (Å²) >= 11 is 0. The van der Waals surface area contributed by atoms with Gasteiger partial charge in [-0.05, 0) is 37.6 Å². The fourth-order valence-electron chi connectivity index (χ4n) is 2.33. The van der Waals surface area contributed by atoms with Gasteiger partial charge in [0, 0.05) is 24.2 Å². The van der Waals surface area contributed by atoms with Crippen molar-refractivity contribution < 1.29 is 14.6 Å². The maximum absolute atomic E-state index is 11.2. The molecule has 0 spiro atoms. The molecule has 0 bridgehead atoms. The van der Waals surface area contributed by atoms with Crippen molar-refractivity contribution in [2.75, 3.05) is 7.11 Å². The summed E-state index contributed by atoms with van der Waals surface area (Å²) in [7, 11) is 1.65. The van der Waals surface area contributed by atoms with Crippen molar-refractivity contribution in [3.05, 3.63) is 52.8 Å². The second-order valence-corrected chi connectivity index (χ2v) is 4.53. The zero-order valence-corrected chi connectivity index (χ0v) is 11.3. The Morgan fingerprint density at radius 2 is 2.05 bits per heavy atom. The lowest BCUT2D eigenvalue weighted by molar-refractivity contribution is 0.0696. The molecule has 0 aliphatic carbocycles. The molecule has 0 radical (unpaired) electrons. The average molecular weight is 259 g/mol. The number of aromatic nitrogens is 1. The molecule has 0 saturated heterocycles. The second kappa shape index (κ2) is 5.28. The van der Waals surface area contributed by atoms with E-state index in [-0.39, 0.29) is 0 Å². The molecule has 0 amide bonds. The van der Waals surface area contributed by atoms with Crippen LogP contribution in [-0.4, -0.2) is 22.8 Å². The summed E-state index contributed by atoms with van der Waals surface area (Å²) in [6.45, 7) is 4.26. The summed E-state index contributed by atoms with van der Waals surface area (Å²) in [4.78, 5) is 11.2. The Morgan fingerprint density at radius 1 is 1.32 bits per heavy atom. The van der Waals surface area contributed by atoms with Gasteiger partial charge in [0.25, 0.3) is 0 Å². The van der Waals surface area contributed by atoms with Crippen LogP contribution in [0.4, 0.5) is 0 Å². The molecule has 1 N–H and O–H groups in total. The quantitative estimate of drug-likeness (QED) is 0.918. The molecule has 2 aromatic rings. The minimum Gasteiger partial charge on any atom is -0.478 e. The van der Waals surface area contributed by atoms with Crippen molar-refractivity contribution in [1.82, 2.24) is 4.57 Å². The number of methoxy groups -OCH3 is 1. The number of benzene rings is 1. The Balaban J connectivity index is 2.52. The lowest BCUT2D eigenvalue weighted by atomic mass is 10.2. The minimum atomic E-state index is -0.896. The molecule has 2 rings (SSSR count). The van der Waals surface area contributed by atoms with E-state index in [9.17, 15) is 4.79 Å². The third-order valence-corrected chi connectivity index (χ3v) is 3.14. The number of carboxylic acid groups (broad SMARTS) is 1. The van der Waals surface area contributed by atoms with E-state index in [2.05, 4.69) is 0 Å². The molecule has 0 fully saturated rings. The highest BCUT2D eigenvalue weighted by atomic mass is 16.5. The number of carboxylic acids is 1. The first-order chi connectivity index (χ1) is 9.04. The molecular weight excluding hydrogens is 242 g/mol. The van der Waals surface area contributed by atoms with Gasteiger partial charge in [-0.15, -0.1) is 0 Å². The highest BCUT2D eigenvalue weighted by molar-refractivity contribution is 5.89. The monoisotopic (exact) mass is 259 g/mol. The Labute approximate surface area is 112 Å². The number of hydrogen-bond donors (Lipinski definition) is 1. The largest absolute Gasteiger partial charge is 0.478 e. The summed E-state index contributed by atoms with van der Waals surface area (Å²) in [6.07, 6.45) is 0. The molecule has 4 nitrogen and oxygen atoms in total. The van der Waals surface area contributed by atoms with E-state index in [4.69, 9.17) is 9.84 Å². The first-order valence-corrected chi connectivity index (χ1v) is 6.05. The van der Waals surface area contributed by atoms with Gasteiger partial charge in [0.2, 0.25) is 0 Å². The van der Waals surface area contributed by atoms with Gasteiger partial charge in [0.15, 0.2) is 0 Å². The predicted molar refractivity (Wildman–Crippen MR) is 72.9 cm³/mol. The zero-order chi connectivity index (χ0) is 14.0. The van der Waals surface area contributed by atoms with Crippen LogP contribution in [0, 0.1) is 13.8 Å². The van der Waals surface area contributed by atoms with Crippen LogP contribution < -0.4 is 0 Å². The van der Waals surface area contributed by atoms with Crippen molar-refractivity contribution in [1.29, 1.82) is 0 Å². The summed E-state index contributed by atoms with van der Waals surface area (Å²) in [5, 5.41) is 9.16. The van der Waals surface area contributed by atoms with Crippen molar-refractivity contribution >= 4 is 5.97 Å². The van der Waals surface area contributed by atoms with Gasteiger partial charge in [0.05, 0.1) is 12.2 Å². The van der Waals surface area contributed by atoms with Crippen LogP contribution in [0.2, 0.25) is 0 Å².